The van der Waals surface area contributed by atoms with Gasteiger partial charge in [0.2, 0.25) is 0 Å². The maximum absolute atomic E-state index is 12.2. The van der Waals surface area contributed by atoms with Crippen molar-refractivity contribution in [2.45, 2.75) is 6.54 Å². The molecule has 1 amide bonds. The van der Waals surface area contributed by atoms with Crippen LogP contribution in [0.3, 0.4) is 0 Å². The molecule has 0 aliphatic carbocycles. The molecule has 26 heavy (non-hydrogen) atoms. The Hall–Kier alpha value is -3.32. The molecule has 3 rings (SSSR count). The Morgan fingerprint density at radius 1 is 1.23 bits per heavy atom. The number of non-ortho nitro benzene ring substituents is 1. The lowest BCUT2D eigenvalue weighted by Gasteiger charge is -1.99. The van der Waals surface area contributed by atoms with E-state index in [-0.39, 0.29) is 5.69 Å². The molecule has 1 aromatic heterocycles. The summed E-state index contributed by atoms with van der Waals surface area (Å²) in [6.45, 7) is 4.31. The molecule has 1 heterocycles. The Labute approximate surface area is 153 Å². The molecule has 0 aliphatic rings. The molecular weight excluding hydrogens is 350 g/mol. The van der Waals surface area contributed by atoms with Crippen molar-refractivity contribution >= 4 is 39.2 Å². The van der Waals surface area contributed by atoms with Crippen LogP contribution in [-0.4, -0.2) is 15.4 Å². The lowest BCUT2D eigenvalue weighted by atomic mass is 10.2. The van der Waals surface area contributed by atoms with Gasteiger partial charge in [-0.05, 0) is 35.9 Å². The molecule has 0 fully saturated rings. The normalized spacial score (nSPS) is 11.9. The largest absolute Gasteiger partial charge is 0.312 e. The van der Waals surface area contributed by atoms with E-state index in [0.29, 0.717) is 16.9 Å². The number of carbonyl (C=O) groups excluding carboxylic acids is 1. The predicted molar refractivity (Wildman–Crippen MR) is 103 cm³/mol. The van der Waals surface area contributed by atoms with E-state index in [1.165, 1.54) is 29.5 Å². The van der Waals surface area contributed by atoms with Gasteiger partial charge in [-0.1, -0.05) is 29.5 Å². The van der Waals surface area contributed by atoms with E-state index >= 15 is 0 Å². The average Bonchev–Trinajstić information content (AvgIpc) is 2.98. The number of hydrogen-bond donors (Lipinski definition) is 0. The van der Waals surface area contributed by atoms with Crippen LogP contribution in [0, 0.1) is 10.1 Å². The first-order chi connectivity index (χ1) is 12.6. The van der Waals surface area contributed by atoms with Gasteiger partial charge in [0.15, 0.2) is 4.80 Å². The van der Waals surface area contributed by atoms with Gasteiger partial charge in [0.05, 0.1) is 15.1 Å². The van der Waals surface area contributed by atoms with Crippen molar-refractivity contribution in [3.05, 3.63) is 87.7 Å². The van der Waals surface area contributed by atoms with Crippen LogP contribution in [0.1, 0.15) is 5.56 Å². The van der Waals surface area contributed by atoms with Crippen LogP contribution in [-0.2, 0) is 11.3 Å². The molecule has 0 unspecified atom stereocenters. The molecule has 0 bridgehead atoms. The van der Waals surface area contributed by atoms with E-state index in [2.05, 4.69) is 11.6 Å². The zero-order valence-electron chi connectivity index (χ0n) is 13.7. The minimum Gasteiger partial charge on any atom is -0.312 e. The fourth-order valence-electron chi connectivity index (χ4n) is 2.42. The van der Waals surface area contributed by atoms with Gasteiger partial charge >= 0.3 is 0 Å². The molecule has 6 nitrogen and oxygen atoms in total. The van der Waals surface area contributed by atoms with Crippen LogP contribution in [0.15, 0.2) is 72.3 Å². The summed E-state index contributed by atoms with van der Waals surface area (Å²) in [6.07, 6.45) is 4.69. The summed E-state index contributed by atoms with van der Waals surface area (Å²) in [5.41, 5.74) is 1.70. The molecule has 0 saturated heterocycles. The van der Waals surface area contributed by atoms with Crippen molar-refractivity contribution < 1.29 is 9.72 Å². The zero-order valence-corrected chi connectivity index (χ0v) is 14.6. The summed E-state index contributed by atoms with van der Waals surface area (Å²) in [5, 5.41) is 10.7. The highest BCUT2D eigenvalue weighted by atomic mass is 32.1. The second kappa shape index (κ2) is 7.71. The maximum atomic E-state index is 12.2. The van der Waals surface area contributed by atoms with Gasteiger partial charge in [0.1, 0.15) is 0 Å². The zero-order chi connectivity index (χ0) is 18.5. The number of nitro groups is 1. The SMILES string of the molecule is C=CCn1c(=NC(=O)C=Cc2ccc([N+](=O)[O-])cc2)sc2ccccc21. The van der Waals surface area contributed by atoms with Crippen molar-refractivity contribution in [1.29, 1.82) is 0 Å². The third-order valence-electron chi connectivity index (χ3n) is 3.63. The number of carbonyl (C=O) groups is 1. The molecule has 0 aliphatic heterocycles. The molecule has 0 spiro atoms. The molecule has 0 radical (unpaired) electrons. The standard InChI is InChI=1S/C19H15N3O3S/c1-2-13-21-16-5-3-4-6-17(16)26-19(21)20-18(23)12-9-14-7-10-15(11-8-14)22(24)25/h2-12H,1,13H2. The number of hydrogen-bond acceptors (Lipinski definition) is 4. The summed E-state index contributed by atoms with van der Waals surface area (Å²) < 4.78 is 2.98. The molecule has 0 saturated carbocycles. The van der Waals surface area contributed by atoms with Crippen LogP contribution in [0.25, 0.3) is 16.3 Å². The van der Waals surface area contributed by atoms with E-state index in [0.717, 1.165) is 10.2 Å². The summed E-state index contributed by atoms with van der Waals surface area (Å²) in [6, 6.07) is 13.8. The van der Waals surface area contributed by atoms with Crippen molar-refractivity contribution in [1.82, 2.24) is 4.57 Å². The number of benzene rings is 2. The van der Waals surface area contributed by atoms with Crippen LogP contribution in [0.5, 0.6) is 0 Å². The fourth-order valence-corrected chi connectivity index (χ4v) is 3.46. The van der Waals surface area contributed by atoms with Gasteiger partial charge in [0, 0.05) is 24.8 Å². The first kappa shape index (κ1) is 17.5. The van der Waals surface area contributed by atoms with E-state index in [1.807, 2.05) is 28.8 Å². The molecular formula is C19H15N3O3S. The monoisotopic (exact) mass is 365 g/mol. The number of thiazole rings is 1. The van der Waals surface area contributed by atoms with Gasteiger partial charge in [-0.25, -0.2) is 0 Å². The van der Waals surface area contributed by atoms with Crippen molar-refractivity contribution in [3.8, 4) is 0 Å². The highest BCUT2D eigenvalue weighted by Gasteiger charge is 2.06. The molecule has 130 valence electrons. The van der Waals surface area contributed by atoms with Gasteiger partial charge in [0.25, 0.3) is 11.6 Å². The number of rotatable bonds is 5. The van der Waals surface area contributed by atoms with Crippen molar-refractivity contribution in [3.63, 3.8) is 0 Å². The first-order valence-electron chi connectivity index (χ1n) is 7.79. The number of aromatic nitrogens is 1. The summed E-state index contributed by atoms with van der Waals surface area (Å²) >= 11 is 1.44. The maximum Gasteiger partial charge on any atom is 0.272 e. The Morgan fingerprint density at radius 2 is 1.96 bits per heavy atom. The van der Waals surface area contributed by atoms with E-state index in [9.17, 15) is 14.9 Å². The summed E-state index contributed by atoms with van der Waals surface area (Å²) in [4.78, 5) is 27.2. The van der Waals surface area contributed by atoms with Crippen LogP contribution in [0.4, 0.5) is 5.69 Å². The lowest BCUT2D eigenvalue weighted by molar-refractivity contribution is -0.384. The molecule has 7 heteroatoms. The predicted octanol–water partition coefficient (Wildman–Crippen LogP) is 3.94. The molecule has 0 N–H and O–H groups in total. The molecule has 2 aromatic carbocycles. The van der Waals surface area contributed by atoms with E-state index < -0.39 is 10.8 Å². The topological polar surface area (TPSA) is 77.5 Å². The highest BCUT2D eigenvalue weighted by Crippen LogP contribution is 2.17. The molecule has 0 atom stereocenters. The number of amides is 1. The Morgan fingerprint density at radius 3 is 2.65 bits per heavy atom. The second-order valence-electron chi connectivity index (χ2n) is 5.38. The first-order valence-corrected chi connectivity index (χ1v) is 8.60. The second-order valence-corrected chi connectivity index (χ2v) is 6.39. The number of para-hydroxylation sites is 1. The van der Waals surface area contributed by atoms with Gasteiger partial charge in [-0.15, -0.1) is 6.58 Å². The number of nitrogens with zero attached hydrogens (tertiary/aromatic N) is 3. The van der Waals surface area contributed by atoms with Crippen LogP contribution >= 0.6 is 11.3 Å². The lowest BCUT2D eigenvalue weighted by Crippen LogP contribution is -2.15. The van der Waals surface area contributed by atoms with Crippen LogP contribution < -0.4 is 4.80 Å². The summed E-state index contributed by atoms with van der Waals surface area (Å²) in [5.74, 6) is -0.396. The smallest absolute Gasteiger partial charge is 0.272 e. The van der Waals surface area contributed by atoms with Gasteiger partial charge in [-0.3, -0.25) is 14.9 Å². The van der Waals surface area contributed by atoms with Gasteiger partial charge < -0.3 is 4.57 Å². The number of nitro benzene ring substituents is 1. The third kappa shape index (κ3) is 3.84. The number of allylic oxidation sites excluding steroid dienone is 1. The van der Waals surface area contributed by atoms with E-state index in [4.69, 9.17) is 0 Å². The van der Waals surface area contributed by atoms with Crippen molar-refractivity contribution in [2.75, 3.05) is 0 Å². The fraction of sp³-hybridized carbons (Fsp3) is 0.0526. The quantitative estimate of drug-likeness (QED) is 0.297. The number of fused-ring (bicyclic) bond motifs is 1. The Kier molecular flexibility index (Phi) is 5.19. The third-order valence-corrected chi connectivity index (χ3v) is 4.69. The van der Waals surface area contributed by atoms with Gasteiger partial charge in [-0.2, -0.15) is 4.99 Å². The Bertz CT molecular complexity index is 1080. The summed E-state index contributed by atoms with van der Waals surface area (Å²) in [7, 11) is 0. The van der Waals surface area contributed by atoms with Crippen LogP contribution in [0.2, 0.25) is 0 Å². The average molecular weight is 365 g/mol. The minimum atomic E-state index is -0.464. The minimum absolute atomic E-state index is 0.00825. The Balaban J connectivity index is 1.88. The van der Waals surface area contributed by atoms with E-state index in [1.54, 1.807) is 24.3 Å². The molecule has 3 aromatic rings. The van der Waals surface area contributed by atoms with Crippen molar-refractivity contribution in [2.24, 2.45) is 4.99 Å². The highest BCUT2D eigenvalue weighted by molar-refractivity contribution is 7.16.